The molecule has 0 spiro atoms. The average Bonchev–Trinajstić information content (AvgIpc) is 3.41. The number of rotatable bonds is 6. The highest BCUT2D eigenvalue weighted by atomic mass is 35.5. The molecule has 1 aliphatic rings. The monoisotopic (exact) mass is 343 g/mol. The quantitative estimate of drug-likeness (QED) is 0.764. The Balaban J connectivity index is 1.80. The van der Waals surface area contributed by atoms with Crippen molar-refractivity contribution in [3.05, 3.63) is 64.7 Å². The van der Waals surface area contributed by atoms with E-state index in [0.717, 1.165) is 29.7 Å². The normalized spacial score (nSPS) is 15.0. The molecule has 126 valence electrons. The third-order valence-corrected chi connectivity index (χ3v) is 4.78. The molecule has 3 rings (SSSR count). The lowest BCUT2D eigenvalue weighted by Crippen LogP contribution is -2.36. The van der Waals surface area contributed by atoms with Crippen molar-refractivity contribution in [3.8, 4) is 5.75 Å². The Hall–Kier alpha value is -2.00. The molecule has 0 bridgehead atoms. The summed E-state index contributed by atoms with van der Waals surface area (Å²) in [5.41, 5.74) is 2.04. The van der Waals surface area contributed by atoms with Gasteiger partial charge in [-0.3, -0.25) is 4.79 Å². The van der Waals surface area contributed by atoms with Gasteiger partial charge in [-0.25, -0.2) is 0 Å². The summed E-state index contributed by atoms with van der Waals surface area (Å²) in [5.74, 6) is 0.908. The van der Waals surface area contributed by atoms with Crippen LogP contribution in [0.5, 0.6) is 5.75 Å². The number of ether oxygens (including phenoxy) is 1. The van der Waals surface area contributed by atoms with Crippen molar-refractivity contribution < 1.29 is 9.53 Å². The Morgan fingerprint density at radius 2 is 1.88 bits per heavy atom. The Labute approximate surface area is 148 Å². The van der Waals surface area contributed by atoms with Crippen molar-refractivity contribution >= 4 is 17.5 Å². The van der Waals surface area contributed by atoms with Gasteiger partial charge in [0.2, 0.25) is 5.91 Å². The molecule has 1 aliphatic carbocycles. The maximum absolute atomic E-state index is 13.0. The summed E-state index contributed by atoms with van der Waals surface area (Å²) >= 11 is 5.98. The number of halogens is 1. The minimum Gasteiger partial charge on any atom is -0.496 e. The van der Waals surface area contributed by atoms with Gasteiger partial charge in [-0.15, -0.1) is 0 Å². The van der Waals surface area contributed by atoms with E-state index in [1.165, 1.54) is 0 Å². The average molecular weight is 344 g/mol. The summed E-state index contributed by atoms with van der Waals surface area (Å²) in [6.45, 7) is 2.09. The van der Waals surface area contributed by atoms with Gasteiger partial charge in [-0.2, -0.15) is 0 Å². The molecule has 1 amide bonds. The standard InChI is InChI=1S/C20H22ClNO2/c1-14(15-7-9-17(21)10-8-15)22(18-11-12-18)20(23)13-16-5-3-4-6-19(16)24-2/h3-10,14,18H,11-13H2,1-2H3. The lowest BCUT2D eigenvalue weighted by Gasteiger charge is -2.30. The van der Waals surface area contributed by atoms with Crippen molar-refractivity contribution in [2.75, 3.05) is 7.11 Å². The third kappa shape index (κ3) is 3.73. The summed E-state index contributed by atoms with van der Waals surface area (Å²) in [7, 11) is 1.64. The molecule has 0 aliphatic heterocycles. The molecule has 0 aromatic heterocycles. The van der Waals surface area contributed by atoms with Crippen molar-refractivity contribution in [1.29, 1.82) is 0 Å². The highest BCUT2D eigenvalue weighted by molar-refractivity contribution is 6.30. The largest absolute Gasteiger partial charge is 0.496 e. The summed E-state index contributed by atoms with van der Waals surface area (Å²) in [6.07, 6.45) is 2.52. The highest BCUT2D eigenvalue weighted by Gasteiger charge is 2.36. The molecule has 3 nitrogen and oxygen atoms in total. The van der Waals surface area contributed by atoms with E-state index >= 15 is 0 Å². The molecule has 1 saturated carbocycles. The summed E-state index contributed by atoms with van der Waals surface area (Å²) in [4.78, 5) is 15.0. The third-order valence-electron chi connectivity index (χ3n) is 4.53. The molecule has 1 fully saturated rings. The zero-order valence-electron chi connectivity index (χ0n) is 14.0. The van der Waals surface area contributed by atoms with E-state index in [2.05, 4.69) is 6.92 Å². The second kappa shape index (κ2) is 7.27. The van der Waals surface area contributed by atoms with Crippen LogP contribution >= 0.6 is 11.6 Å². The fourth-order valence-electron chi connectivity index (χ4n) is 3.09. The fraction of sp³-hybridized carbons (Fsp3) is 0.350. The van der Waals surface area contributed by atoms with Gasteiger partial charge in [0, 0.05) is 16.6 Å². The van der Waals surface area contributed by atoms with E-state index in [0.29, 0.717) is 17.5 Å². The van der Waals surface area contributed by atoms with Gasteiger partial charge in [-0.05, 0) is 43.5 Å². The highest BCUT2D eigenvalue weighted by Crippen LogP contribution is 2.35. The molecule has 0 heterocycles. The van der Waals surface area contributed by atoms with Crippen molar-refractivity contribution in [3.63, 3.8) is 0 Å². The Morgan fingerprint density at radius 1 is 1.21 bits per heavy atom. The zero-order valence-corrected chi connectivity index (χ0v) is 14.8. The Kier molecular flexibility index (Phi) is 5.10. The van der Waals surface area contributed by atoms with Gasteiger partial charge < -0.3 is 9.64 Å². The van der Waals surface area contributed by atoms with Crippen molar-refractivity contribution in [2.45, 2.75) is 38.3 Å². The van der Waals surface area contributed by atoms with Crippen LogP contribution in [-0.2, 0) is 11.2 Å². The maximum Gasteiger partial charge on any atom is 0.227 e. The van der Waals surface area contributed by atoms with Crippen LogP contribution in [0.2, 0.25) is 5.02 Å². The molecule has 1 unspecified atom stereocenters. The fourth-order valence-corrected chi connectivity index (χ4v) is 3.22. The number of hydrogen-bond acceptors (Lipinski definition) is 2. The van der Waals surface area contributed by atoms with Gasteiger partial charge in [0.15, 0.2) is 0 Å². The van der Waals surface area contributed by atoms with E-state index in [1.807, 2.05) is 53.4 Å². The van der Waals surface area contributed by atoms with Crippen LogP contribution in [0, 0.1) is 0 Å². The van der Waals surface area contributed by atoms with E-state index in [9.17, 15) is 4.79 Å². The van der Waals surface area contributed by atoms with Crippen LogP contribution in [0.1, 0.15) is 36.9 Å². The van der Waals surface area contributed by atoms with E-state index in [-0.39, 0.29) is 11.9 Å². The number of methoxy groups -OCH3 is 1. The minimum atomic E-state index is 0.0389. The van der Waals surface area contributed by atoms with Crippen molar-refractivity contribution in [2.24, 2.45) is 0 Å². The predicted octanol–water partition coefficient (Wildman–Crippen LogP) is 4.64. The molecule has 24 heavy (non-hydrogen) atoms. The smallest absolute Gasteiger partial charge is 0.227 e. The van der Waals surface area contributed by atoms with E-state index < -0.39 is 0 Å². The van der Waals surface area contributed by atoms with Gasteiger partial charge >= 0.3 is 0 Å². The molecule has 0 N–H and O–H groups in total. The maximum atomic E-state index is 13.0. The second-order valence-electron chi connectivity index (χ2n) is 6.25. The molecular weight excluding hydrogens is 322 g/mol. The predicted molar refractivity (Wildman–Crippen MR) is 96.4 cm³/mol. The van der Waals surface area contributed by atoms with E-state index in [1.54, 1.807) is 7.11 Å². The number of para-hydroxylation sites is 1. The topological polar surface area (TPSA) is 29.5 Å². The molecular formula is C20H22ClNO2. The number of carbonyl (C=O) groups excluding carboxylic acids is 1. The first-order valence-corrected chi connectivity index (χ1v) is 8.66. The SMILES string of the molecule is COc1ccccc1CC(=O)N(C1CC1)C(C)c1ccc(Cl)cc1. The van der Waals surface area contributed by atoms with Crippen molar-refractivity contribution in [1.82, 2.24) is 4.90 Å². The van der Waals surface area contributed by atoms with Gasteiger partial charge in [0.05, 0.1) is 19.6 Å². The number of carbonyl (C=O) groups is 1. The minimum absolute atomic E-state index is 0.0389. The van der Waals surface area contributed by atoms with Crippen LogP contribution in [0.3, 0.4) is 0 Å². The first-order chi connectivity index (χ1) is 11.6. The molecule has 4 heteroatoms. The number of nitrogens with zero attached hydrogens (tertiary/aromatic N) is 1. The first kappa shape index (κ1) is 16.8. The Morgan fingerprint density at radius 3 is 2.50 bits per heavy atom. The van der Waals surface area contributed by atoms with Crippen LogP contribution in [0.25, 0.3) is 0 Å². The van der Waals surface area contributed by atoms with E-state index in [4.69, 9.17) is 16.3 Å². The number of benzene rings is 2. The lowest BCUT2D eigenvalue weighted by molar-refractivity contribution is -0.133. The first-order valence-electron chi connectivity index (χ1n) is 8.28. The summed E-state index contributed by atoms with van der Waals surface area (Å²) < 4.78 is 5.37. The Bertz CT molecular complexity index is 710. The summed E-state index contributed by atoms with van der Waals surface area (Å²) in [5, 5.41) is 0.712. The molecule has 1 atom stereocenters. The van der Waals surface area contributed by atoms with Gasteiger partial charge in [0.1, 0.15) is 5.75 Å². The molecule has 0 saturated heterocycles. The molecule has 0 radical (unpaired) electrons. The van der Waals surface area contributed by atoms with Crippen LogP contribution in [0.4, 0.5) is 0 Å². The molecule has 2 aromatic carbocycles. The number of hydrogen-bond donors (Lipinski definition) is 0. The van der Waals surface area contributed by atoms with Crippen LogP contribution in [0.15, 0.2) is 48.5 Å². The molecule has 2 aromatic rings. The second-order valence-corrected chi connectivity index (χ2v) is 6.68. The van der Waals surface area contributed by atoms with Crippen LogP contribution < -0.4 is 4.74 Å². The number of amides is 1. The summed E-state index contributed by atoms with van der Waals surface area (Å²) in [6, 6.07) is 15.8. The van der Waals surface area contributed by atoms with Crippen LogP contribution in [-0.4, -0.2) is 24.0 Å². The van der Waals surface area contributed by atoms with Gasteiger partial charge in [0.25, 0.3) is 0 Å². The van der Waals surface area contributed by atoms with Gasteiger partial charge in [-0.1, -0.05) is 41.9 Å². The zero-order chi connectivity index (χ0) is 17.1. The lowest BCUT2D eigenvalue weighted by atomic mass is 10.0.